The molecule has 1 aliphatic rings. The van der Waals surface area contributed by atoms with Crippen molar-refractivity contribution in [3.8, 4) is 0 Å². The van der Waals surface area contributed by atoms with E-state index < -0.39 is 17.7 Å². The molecule has 4 rings (SSSR count). The van der Waals surface area contributed by atoms with Crippen molar-refractivity contribution in [2.75, 3.05) is 13.1 Å². The lowest BCUT2D eigenvalue weighted by atomic mass is 10.0. The Hall–Kier alpha value is -3.51. The number of hydrogen-bond donors (Lipinski definition) is 2. The van der Waals surface area contributed by atoms with Crippen molar-refractivity contribution in [3.63, 3.8) is 0 Å². The number of amides is 2. The van der Waals surface area contributed by atoms with Crippen LogP contribution in [0.25, 0.3) is 10.8 Å². The molecule has 3 aromatic carbocycles. The van der Waals surface area contributed by atoms with E-state index in [1.54, 1.807) is 0 Å². The normalized spacial score (nSPS) is 16.7. The molecule has 6 nitrogen and oxygen atoms in total. The number of likely N-dealkylation sites (tertiary alicyclic amines) is 1. The van der Waals surface area contributed by atoms with Crippen LogP contribution < -0.4 is 10.6 Å². The minimum Gasteiger partial charge on any atom is -0.350 e. The molecule has 6 heteroatoms. The molecular formula is C30H35N3O3. The highest BCUT2D eigenvalue weighted by Crippen LogP contribution is 2.17. The molecule has 188 valence electrons. The van der Waals surface area contributed by atoms with Crippen LogP contribution in [0.1, 0.15) is 37.8 Å². The fourth-order valence-corrected chi connectivity index (χ4v) is 4.79. The molecule has 1 saturated heterocycles. The Morgan fingerprint density at radius 3 is 2.39 bits per heavy atom. The van der Waals surface area contributed by atoms with Gasteiger partial charge < -0.3 is 10.6 Å². The average Bonchev–Trinajstić information content (AvgIpc) is 3.30. The van der Waals surface area contributed by atoms with Gasteiger partial charge in [-0.25, -0.2) is 0 Å². The third-order valence-electron chi connectivity index (χ3n) is 6.63. The van der Waals surface area contributed by atoms with Gasteiger partial charge in [0.2, 0.25) is 11.7 Å². The summed E-state index contributed by atoms with van der Waals surface area (Å²) in [6, 6.07) is 23.2. The second-order valence-electron chi connectivity index (χ2n) is 10.2. The lowest BCUT2D eigenvalue weighted by Gasteiger charge is -2.22. The SMILES string of the molecule is CC(C)C[C@H](NC(=O)C(=O)Cc1ccc2ccccc2c1)C(=O)N[C@H]1CCN(Cc2ccccc2)C1. The summed E-state index contributed by atoms with van der Waals surface area (Å²) in [5.41, 5.74) is 2.03. The second-order valence-corrected chi connectivity index (χ2v) is 10.2. The monoisotopic (exact) mass is 485 g/mol. The first-order valence-electron chi connectivity index (χ1n) is 12.8. The summed E-state index contributed by atoms with van der Waals surface area (Å²) in [5, 5.41) is 7.93. The van der Waals surface area contributed by atoms with E-state index >= 15 is 0 Å². The van der Waals surface area contributed by atoms with E-state index in [2.05, 4.69) is 27.7 Å². The van der Waals surface area contributed by atoms with Crippen LogP contribution in [-0.2, 0) is 27.3 Å². The fraction of sp³-hybridized carbons (Fsp3) is 0.367. The van der Waals surface area contributed by atoms with Crippen molar-refractivity contribution in [2.24, 2.45) is 5.92 Å². The van der Waals surface area contributed by atoms with E-state index in [1.807, 2.05) is 74.5 Å². The molecule has 36 heavy (non-hydrogen) atoms. The van der Waals surface area contributed by atoms with E-state index in [0.717, 1.165) is 42.4 Å². The number of rotatable bonds is 10. The van der Waals surface area contributed by atoms with Crippen molar-refractivity contribution in [3.05, 3.63) is 83.9 Å². The quantitative estimate of drug-likeness (QED) is 0.428. The average molecular weight is 486 g/mol. The summed E-state index contributed by atoms with van der Waals surface area (Å²) in [5.74, 6) is -1.28. The molecule has 1 fully saturated rings. The van der Waals surface area contributed by atoms with Gasteiger partial charge in [0, 0.05) is 32.1 Å². The van der Waals surface area contributed by atoms with E-state index in [9.17, 15) is 14.4 Å². The molecule has 2 amide bonds. The number of carbonyl (C=O) groups is 3. The molecule has 0 spiro atoms. The van der Waals surface area contributed by atoms with Crippen LogP contribution in [-0.4, -0.2) is 47.7 Å². The van der Waals surface area contributed by atoms with Crippen molar-refractivity contribution in [1.29, 1.82) is 0 Å². The van der Waals surface area contributed by atoms with Crippen molar-refractivity contribution in [1.82, 2.24) is 15.5 Å². The minimum absolute atomic E-state index is 0.00373. The molecule has 2 N–H and O–H groups in total. The number of nitrogens with one attached hydrogen (secondary N) is 2. The molecular weight excluding hydrogens is 450 g/mol. The summed E-state index contributed by atoms with van der Waals surface area (Å²) >= 11 is 0. The fourth-order valence-electron chi connectivity index (χ4n) is 4.79. The van der Waals surface area contributed by atoms with Gasteiger partial charge in [-0.05, 0) is 40.7 Å². The predicted molar refractivity (Wildman–Crippen MR) is 142 cm³/mol. The number of hydrogen-bond acceptors (Lipinski definition) is 4. The lowest BCUT2D eigenvalue weighted by Crippen LogP contribution is -2.52. The van der Waals surface area contributed by atoms with E-state index in [0.29, 0.717) is 6.42 Å². The molecule has 0 saturated carbocycles. The third-order valence-corrected chi connectivity index (χ3v) is 6.63. The highest BCUT2D eigenvalue weighted by molar-refractivity contribution is 6.37. The van der Waals surface area contributed by atoms with Crippen LogP contribution in [0.15, 0.2) is 72.8 Å². The number of nitrogens with zero attached hydrogens (tertiary/aromatic N) is 1. The van der Waals surface area contributed by atoms with Gasteiger partial charge >= 0.3 is 0 Å². The molecule has 3 aromatic rings. The zero-order chi connectivity index (χ0) is 25.5. The van der Waals surface area contributed by atoms with Crippen molar-refractivity contribution in [2.45, 2.75) is 51.7 Å². The maximum atomic E-state index is 13.1. The van der Waals surface area contributed by atoms with Crippen LogP contribution >= 0.6 is 0 Å². The van der Waals surface area contributed by atoms with Gasteiger partial charge in [-0.15, -0.1) is 0 Å². The first kappa shape index (κ1) is 25.6. The van der Waals surface area contributed by atoms with Crippen LogP contribution in [0.2, 0.25) is 0 Å². The lowest BCUT2D eigenvalue weighted by molar-refractivity contribution is -0.139. The van der Waals surface area contributed by atoms with Gasteiger partial charge in [-0.3, -0.25) is 19.3 Å². The number of Topliss-reactive ketones (excluding diaryl/α,β-unsaturated/α-hetero) is 1. The molecule has 1 heterocycles. The van der Waals surface area contributed by atoms with Gasteiger partial charge in [0.1, 0.15) is 6.04 Å². The molecule has 0 aromatic heterocycles. The predicted octanol–water partition coefficient (Wildman–Crippen LogP) is 3.87. The molecule has 0 radical (unpaired) electrons. The van der Waals surface area contributed by atoms with E-state index in [4.69, 9.17) is 0 Å². The molecule has 0 bridgehead atoms. The summed E-state index contributed by atoms with van der Waals surface area (Å²) in [7, 11) is 0. The van der Waals surface area contributed by atoms with Crippen LogP contribution in [0.5, 0.6) is 0 Å². The molecule has 0 aliphatic carbocycles. The number of benzene rings is 3. The Morgan fingerprint density at radius 2 is 1.64 bits per heavy atom. The summed E-state index contributed by atoms with van der Waals surface area (Å²) in [6.07, 6.45) is 1.34. The highest BCUT2D eigenvalue weighted by atomic mass is 16.2. The van der Waals surface area contributed by atoms with Crippen LogP contribution in [0.4, 0.5) is 0 Å². The first-order valence-corrected chi connectivity index (χ1v) is 12.8. The zero-order valence-corrected chi connectivity index (χ0v) is 21.1. The standard InChI is InChI=1S/C30H35N3O3/c1-21(2)16-27(29(35)31-26-14-15-33(20-26)19-22-8-4-3-5-9-22)32-30(36)28(34)18-23-12-13-24-10-6-7-11-25(24)17-23/h3-13,17,21,26-27H,14-16,18-20H2,1-2H3,(H,31,35)(H,32,36)/t26-,27-/m0/s1. The highest BCUT2D eigenvalue weighted by Gasteiger charge is 2.29. The Bertz CT molecular complexity index is 1210. The maximum absolute atomic E-state index is 13.1. The van der Waals surface area contributed by atoms with Gasteiger partial charge in [0.15, 0.2) is 0 Å². The van der Waals surface area contributed by atoms with Crippen LogP contribution in [0, 0.1) is 5.92 Å². The topological polar surface area (TPSA) is 78.5 Å². The van der Waals surface area contributed by atoms with Gasteiger partial charge in [-0.1, -0.05) is 86.6 Å². The Kier molecular flexibility index (Phi) is 8.49. The number of fused-ring (bicyclic) bond motifs is 1. The largest absolute Gasteiger partial charge is 0.350 e. The zero-order valence-electron chi connectivity index (χ0n) is 21.1. The number of ketones is 1. The van der Waals surface area contributed by atoms with Crippen LogP contribution in [0.3, 0.4) is 0 Å². The molecule has 0 unspecified atom stereocenters. The third kappa shape index (κ3) is 7.01. The minimum atomic E-state index is -0.735. The second kappa shape index (κ2) is 12.0. The number of carbonyl (C=O) groups excluding carboxylic acids is 3. The van der Waals surface area contributed by atoms with Crippen molar-refractivity contribution >= 4 is 28.4 Å². The Morgan fingerprint density at radius 1 is 0.917 bits per heavy atom. The van der Waals surface area contributed by atoms with Gasteiger partial charge in [0.25, 0.3) is 5.91 Å². The molecule has 2 atom stereocenters. The molecule has 1 aliphatic heterocycles. The first-order chi connectivity index (χ1) is 17.4. The van der Waals surface area contributed by atoms with Gasteiger partial charge in [0.05, 0.1) is 0 Å². The Labute approximate surface area is 213 Å². The van der Waals surface area contributed by atoms with Gasteiger partial charge in [-0.2, -0.15) is 0 Å². The summed E-state index contributed by atoms with van der Waals surface area (Å²) in [6.45, 7) is 6.53. The summed E-state index contributed by atoms with van der Waals surface area (Å²) < 4.78 is 0. The summed E-state index contributed by atoms with van der Waals surface area (Å²) in [4.78, 5) is 40.9. The van der Waals surface area contributed by atoms with E-state index in [1.165, 1.54) is 5.56 Å². The van der Waals surface area contributed by atoms with Crippen molar-refractivity contribution < 1.29 is 14.4 Å². The maximum Gasteiger partial charge on any atom is 0.288 e. The van der Waals surface area contributed by atoms with E-state index in [-0.39, 0.29) is 24.3 Å². The Balaban J connectivity index is 1.32. The smallest absolute Gasteiger partial charge is 0.288 e.